The number of nitrogens with two attached hydrogens (primary N) is 1. The van der Waals surface area contributed by atoms with Crippen LogP contribution < -0.4 is 5.73 Å². The quantitative estimate of drug-likeness (QED) is 0.917. The second kappa shape index (κ2) is 6.68. The van der Waals surface area contributed by atoms with Crippen molar-refractivity contribution in [2.24, 2.45) is 5.73 Å². The summed E-state index contributed by atoms with van der Waals surface area (Å²) in [6.45, 7) is 2.04. The topological polar surface area (TPSA) is 46.3 Å². The fraction of sp³-hybridized carbons (Fsp3) is 0.312. The third kappa shape index (κ3) is 3.46. The lowest BCUT2D eigenvalue weighted by Crippen LogP contribution is -2.31. The monoisotopic (exact) mass is 288 g/mol. The predicted octanol–water partition coefficient (Wildman–Crippen LogP) is 3.36. The van der Waals surface area contributed by atoms with Crippen molar-refractivity contribution >= 4 is 17.2 Å². The van der Waals surface area contributed by atoms with Crippen LogP contribution >= 0.6 is 11.3 Å². The molecular weight excluding hydrogens is 268 g/mol. The van der Waals surface area contributed by atoms with Crippen LogP contribution in [0, 0.1) is 0 Å². The van der Waals surface area contributed by atoms with Gasteiger partial charge in [-0.3, -0.25) is 4.79 Å². The van der Waals surface area contributed by atoms with Crippen LogP contribution in [-0.2, 0) is 4.79 Å². The van der Waals surface area contributed by atoms with Gasteiger partial charge in [-0.2, -0.15) is 0 Å². The van der Waals surface area contributed by atoms with Gasteiger partial charge in [0.1, 0.15) is 0 Å². The lowest BCUT2D eigenvalue weighted by molar-refractivity contribution is -0.132. The lowest BCUT2D eigenvalue weighted by atomic mass is 10.0. The molecule has 1 aromatic heterocycles. The number of carbonyl (C=O) groups excluding carboxylic acids is 1. The van der Waals surface area contributed by atoms with Gasteiger partial charge in [0.25, 0.3) is 0 Å². The molecule has 1 heterocycles. The highest BCUT2D eigenvalue weighted by Crippen LogP contribution is 2.25. The number of amides is 1. The van der Waals surface area contributed by atoms with E-state index in [0.717, 1.165) is 5.56 Å². The van der Waals surface area contributed by atoms with Gasteiger partial charge in [0, 0.05) is 24.4 Å². The average molecular weight is 288 g/mol. The molecule has 0 aliphatic rings. The first-order valence-corrected chi connectivity index (χ1v) is 7.57. The second-order valence-electron chi connectivity index (χ2n) is 4.92. The van der Waals surface area contributed by atoms with Crippen LogP contribution in [0.2, 0.25) is 0 Å². The Morgan fingerprint density at radius 3 is 2.55 bits per heavy atom. The van der Waals surface area contributed by atoms with Crippen molar-refractivity contribution in [2.75, 3.05) is 7.05 Å². The van der Waals surface area contributed by atoms with E-state index in [2.05, 4.69) is 6.07 Å². The predicted molar refractivity (Wildman–Crippen MR) is 83.5 cm³/mol. The number of hydrogen-bond donors (Lipinski definition) is 1. The van der Waals surface area contributed by atoms with Gasteiger partial charge in [-0.25, -0.2) is 0 Å². The van der Waals surface area contributed by atoms with E-state index >= 15 is 0 Å². The van der Waals surface area contributed by atoms with Gasteiger partial charge < -0.3 is 10.6 Å². The molecule has 0 aliphatic heterocycles. The molecule has 3 nitrogen and oxygen atoms in total. The molecule has 2 N–H and O–H groups in total. The highest BCUT2D eigenvalue weighted by molar-refractivity contribution is 7.10. The van der Waals surface area contributed by atoms with E-state index in [9.17, 15) is 4.79 Å². The first kappa shape index (κ1) is 14.8. The summed E-state index contributed by atoms with van der Waals surface area (Å²) >= 11 is 1.67. The molecule has 106 valence electrons. The average Bonchev–Trinajstić information content (AvgIpc) is 3.00. The van der Waals surface area contributed by atoms with E-state index in [1.807, 2.05) is 55.7 Å². The van der Waals surface area contributed by atoms with Gasteiger partial charge >= 0.3 is 0 Å². The number of benzene rings is 1. The van der Waals surface area contributed by atoms with E-state index in [-0.39, 0.29) is 18.0 Å². The third-order valence-electron chi connectivity index (χ3n) is 3.55. The SMILES string of the molecule is CC(c1cccs1)N(C)C(=O)CC(N)c1ccccc1. The first-order chi connectivity index (χ1) is 9.59. The third-order valence-corrected chi connectivity index (χ3v) is 4.59. The zero-order valence-corrected chi connectivity index (χ0v) is 12.6. The second-order valence-corrected chi connectivity index (χ2v) is 5.90. The number of rotatable bonds is 5. The number of nitrogens with zero attached hydrogens (tertiary/aromatic N) is 1. The minimum atomic E-state index is -0.248. The minimum absolute atomic E-state index is 0.0715. The molecule has 2 atom stereocenters. The summed E-state index contributed by atoms with van der Waals surface area (Å²) < 4.78 is 0. The Morgan fingerprint density at radius 1 is 1.25 bits per heavy atom. The Balaban J connectivity index is 1.98. The molecule has 2 aromatic rings. The molecular formula is C16H20N2OS. The lowest BCUT2D eigenvalue weighted by Gasteiger charge is -2.25. The summed E-state index contributed by atoms with van der Waals surface area (Å²) in [6.07, 6.45) is 0.330. The Labute approximate surface area is 124 Å². The number of hydrogen-bond acceptors (Lipinski definition) is 3. The summed E-state index contributed by atoms with van der Waals surface area (Å²) in [6, 6.07) is 13.6. The fourth-order valence-corrected chi connectivity index (χ4v) is 2.91. The summed E-state index contributed by atoms with van der Waals surface area (Å²) in [7, 11) is 1.84. The maximum atomic E-state index is 12.3. The summed E-state index contributed by atoms with van der Waals surface area (Å²) in [5.74, 6) is 0.0715. The molecule has 20 heavy (non-hydrogen) atoms. The molecule has 1 aromatic carbocycles. The van der Waals surface area contributed by atoms with Crippen molar-refractivity contribution in [3.63, 3.8) is 0 Å². The van der Waals surface area contributed by atoms with Crippen molar-refractivity contribution in [3.8, 4) is 0 Å². The van der Waals surface area contributed by atoms with E-state index in [4.69, 9.17) is 5.73 Å². The smallest absolute Gasteiger partial charge is 0.224 e. The zero-order valence-electron chi connectivity index (χ0n) is 11.8. The molecule has 1 amide bonds. The van der Waals surface area contributed by atoms with Crippen molar-refractivity contribution < 1.29 is 4.79 Å². The molecule has 2 rings (SSSR count). The summed E-state index contributed by atoms with van der Waals surface area (Å²) in [5.41, 5.74) is 7.11. The van der Waals surface area contributed by atoms with Crippen LogP contribution in [0.15, 0.2) is 47.8 Å². The Bertz CT molecular complexity index is 539. The van der Waals surface area contributed by atoms with Crippen LogP contribution in [0.1, 0.15) is 35.9 Å². The van der Waals surface area contributed by atoms with Crippen LogP contribution in [0.3, 0.4) is 0 Å². The fourth-order valence-electron chi connectivity index (χ4n) is 2.09. The maximum Gasteiger partial charge on any atom is 0.224 e. The number of carbonyl (C=O) groups is 1. The van der Waals surface area contributed by atoms with Gasteiger partial charge in [-0.15, -0.1) is 11.3 Å². The Kier molecular flexibility index (Phi) is 4.93. The standard InChI is InChI=1S/C16H20N2OS/c1-12(15-9-6-10-20-15)18(2)16(19)11-14(17)13-7-4-3-5-8-13/h3-10,12,14H,11,17H2,1-2H3. The van der Waals surface area contributed by atoms with Crippen LogP contribution in [0.25, 0.3) is 0 Å². The van der Waals surface area contributed by atoms with Gasteiger partial charge in [0.2, 0.25) is 5.91 Å². The van der Waals surface area contributed by atoms with Crippen LogP contribution in [-0.4, -0.2) is 17.9 Å². The van der Waals surface area contributed by atoms with Crippen LogP contribution in [0.5, 0.6) is 0 Å². The molecule has 0 aliphatic carbocycles. The zero-order chi connectivity index (χ0) is 14.5. The molecule has 0 fully saturated rings. The van der Waals surface area contributed by atoms with Crippen molar-refractivity contribution in [2.45, 2.75) is 25.4 Å². The molecule has 2 unspecified atom stereocenters. The van der Waals surface area contributed by atoms with E-state index < -0.39 is 0 Å². The van der Waals surface area contributed by atoms with Gasteiger partial charge in [0.05, 0.1) is 6.04 Å². The molecule has 0 bridgehead atoms. The van der Waals surface area contributed by atoms with Gasteiger partial charge in [-0.05, 0) is 23.9 Å². The highest BCUT2D eigenvalue weighted by atomic mass is 32.1. The highest BCUT2D eigenvalue weighted by Gasteiger charge is 2.20. The molecule has 0 saturated heterocycles. The Morgan fingerprint density at radius 2 is 1.95 bits per heavy atom. The van der Waals surface area contributed by atoms with Crippen LogP contribution in [0.4, 0.5) is 0 Å². The Hall–Kier alpha value is -1.65. The maximum absolute atomic E-state index is 12.3. The van der Waals surface area contributed by atoms with Crippen molar-refractivity contribution in [1.29, 1.82) is 0 Å². The number of thiophene rings is 1. The molecule has 0 radical (unpaired) electrons. The van der Waals surface area contributed by atoms with Crippen molar-refractivity contribution in [3.05, 3.63) is 58.3 Å². The van der Waals surface area contributed by atoms with Gasteiger partial charge in [0.15, 0.2) is 0 Å². The van der Waals surface area contributed by atoms with Crippen molar-refractivity contribution in [1.82, 2.24) is 4.90 Å². The summed E-state index contributed by atoms with van der Waals surface area (Å²) in [4.78, 5) is 15.3. The van der Waals surface area contributed by atoms with E-state index in [1.54, 1.807) is 16.2 Å². The van der Waals surface area contributed by atoms with E-state index in [0.29, 0.717) is 6.42 Å². The minimum Gasteiger partial charge on any atom is -0.338 e. The summed E-state index contributed by atoms with van der Waals surface area (Å²) in [5, 5.41) is 2.03. The normalized spacial score (nSPS) is 13.8. The first-order valence-electron chi connectivity index (χ1n) is 6.69. The molecule has 0 spiro atoms. The molecule has 0 saturated carbocycles. The van der Waals surface area contributed by atoms with Gasteiger partial charge in [-0.1, -0.05) is 36.4 Å². The largest absolute Gasteiger partial charge is 0.338 e. The van der Waals surface area contributed by atoms with E-state index in [1.165, 1.54) is 4.88 Å². The molecule has 4 heteroatoms.